The minimum atomic E-state index is -0.400. The van der Waals surface area contributed by atoms with E-state index in [2.05, 4.69) is 30.6 Å². The number of amidine groups is 2. The van der Waals surface area contributed by atoms with E-state index in [-0.39, 0.29) is 24.2 Å². The minimum Gasteiger partial charge on any atom is -0.493 e. The largest absolute Gasteiger partial charge is 0.493 e. The lowest BCUT2D eigenvalue weighted by Gasteiger charge is -2.07. The number of nitrogens with zero attached hydrogens (tertiary/aromatic N) is 4. The molecule has 11 nitrogen and oxygen atoms in total. The molecule has 2 N–H and O–H groups in total. The molecule has 312 valence electrons. The summed E-state index contributed by atoms with van der Waals surface area (Å²) in [4.78, 5) is 51.5. The Morgan fingerprint density at radius 2 is 1.26 bits per heavy atom. The van der Waals surface area contributed by atoms with Crippen LogP contribution in [0.25, 0.3) is 27.9 Å². The summed E-state index contributed by atoms with van der Waals surface area (Å²) in [5, 5.41) is 8.84. The van der Waals surface area contributed by atoms with E-state index in [1.165, 1.54) is 47.8 Å². The van der Waals surface area contributed by atoms with E-state index < -0.39 is 5.82 Å². The van der Waals surface area contributed by atoms with Gasteiger partial charge in [0, 0.05) is 38.8 Å². The van der Waals surface area contributed by atoms with Gasteiger partial charge >= 0.3 is 0 Å². The van der Waals surface area contributed by atoms with Crippen molar-refractivity contribution in [3.63, 3.8) is 0 Å². The van der Waals surface area contributed by atoms with Crippen molar-refractivity contribution in [3.8, 4) is 11.5 Å². The lowest BCUT2D eigenvalue weighted by Crippen LogP contribution is -2.20. The molecule has 0 aliphatic carbocycles. The minimum absolute atomic E-state index is 0.0473. The van der Waals surface area contributed by atoms with Crippen LogP contribution in [0.1, 0.15) is 40.9 Å². The molecule has 8 rings (SSSR count). The fraction of sp³-hybridized carbons (Fsp3) is 0.159. The summed E-state index contributed by atoms with van der Waals surface area (Å²) in [7, 11) is 0. The number of halogens is 4. The first-order valence-corrected chi connectivity index (χ1v) is 21.2. The summed E-state index contributed by atoms with van der Waals surface area (Å²) in [6, 6.07) is 23.1. The number of aldehydes is 1. The summed E-state index contributed by atoms with van der Waals surface area (Å²) in [5.41, 5.74) is 4.57. The van der Waals surface area contributed by atoms with E-state index in [1.54, 1.807) is 48.8 Å². The van der Waals surface area contributed by atoms with Gasteiger partial charge in [0.05, 0.1) is 48.0 Å². The standard InChI is InChI=1S/C22H17ClFN3O2S.C12H11NO2.C10H8ClFN2OS/c1-2-29-19-7-8-25-18-6-3-13(9-16(18)19)10-20-21(28)27-22(30-20)26-12-14-4-5-15(24)11-17(14)23;1-2-15-12-5-6-13-11-4-3-9(8-14)7-10(11)12;11-8-3-7(12)2-1-6(8)4-13-10-14-9(15)5-16-10/h3-11H,2,12H2,1H3,(H,26,27,28);3-8H,2H2,1H3;1-3H,4-5H2,(H,13,14,15)/b20-10-;;. The van der Waals surface area contributed by atoms with Crippen molar-refractivity contribution in [2.24, 2.45) is 9.98 Å². The molecule has 2 aliphatic rings. The zero-order chi connectivity index (χ0) is 43.3. The number of ether oxygens (including phenoxy) is 2. The summed E-state index contributed by atoms with van der Waals surface area (Å²) in [5.74, 6) is 0.883. The summed E-state index contributed by atoms with van der Waals surface area (Å²) in [6.07, 6.45) is 6.04. The van der Waals surface area contributed by atoms with E-state index in [9.17, 15) is 23.2 Å². The number of carbonyl (C=O) groups is 3. The summed E-state index contributed by atoms with van der Waals surface area (Å²) < 4.78 is 37.1. The Balaban J connectivity index is 0.000000169. The highest BCUT2D eigenvalue weighted by molar-refractivity contribution is 8.18. The van der Waals surface area contributed by atoms with E-state index in [4.69, 9.17) is 32.7 Å². The lowest BCUT2D eigenvalue weighted by molar-refractivity contribution is -0.117. The van der Waals surface area contributed by atoms with Crippen LogP contribution in [-0.2, 0) is 22.7 Å². The first-order valence-electron chi connectivity index (χ1n) is 18.6. The van der Waals surface area contributed by atoms with Crippen LogP contribution in [0.15, 0.2) is 112 Å². The van der Waals surface area contributed by atoms with Crippen molar-refractivity contribution in [2.75, 3.05) is 19.0 Å². The van der Waals surface area contributed by atoms with Crippen LogP contribution in [0.3, 0.4) is 0 Å². The van der Waals surface area contributed by atoms with Gasteiger partial charge in [-0.25, -0.2) is 8.78 Å². The molecule has 0 saturated carbocycles. The van der Waals surface area contributed by atoms with Crippen LogP contribution in [-0.4, -0.2) is 57.4 Å². The van der Waals surface area contributed by atoms with Gasteiger partial charge in [-0.3, -0.25) is 34.3 Å². The second-order valence-corrected chi connectivity index (χ2v) is 15.6. The monoisotopic (exact) mass is 900 g/mol. The summed E-state index contributed by atoms with van der Waals surface area (Å²) in [6.45, 7) is 5.59. The van der Waals surface area contributed by atoms with E-state index >= 15 is 0 Å². The Kier molecular flexibility index (Phi) is 15.8. The second kappa shape index (κ2) is 21.6. The molecule has 0 spiro atoms. The molecular weight excluding hydrogens is 866 g/mol. The molecule has 4 heterocycles. The van der Waals surface area contributed by atoms with E-state index in [0.717, 1.165) is 50.7 Å². The summed E-state index contributed by atoms with van der Waals surface area (Å²) >= 11 is 14.5. The van der Waals surface area contributed by atoms with Gasteiger partial charge in [0.2, 0.25) is 5.91 Å². The fourth-order valence-corrected chi connectivity index (χ4v) is 7.64. The average molecular weight is 902 g/mol. The number of fused-ring (bicyclic) bond motifs is 2. The molecule has 2 amide bonds. The van der Waals surface area contributed by atoms with Gasteiger partial charge in [0.25, 0.3) is 5.91 Å². The molecule has 2 saturated heterocycles. The van der Waals surface area contributed by atoms with Crippen molar-refractivity contribution < 1.29 is 32.6 Å². The van der Waals surface area contributed by atoms with Crippen LogP contribution < -0.4 is 20.1 Å². The van der Waals surface area contributed by atoms with E-state index in [0.29, 0.717) is 61.9 Å². The maximum absolute atomic E-state index is 13.2. The average Bonchev–Trinajstić information content (AvgIpc) is 3.84. The Bertz CT molecular complexity index is 2700. The molecule has 0 radical (unpaired) electrons. The highest BCUT2D eigenvalue weighted by Crippen LogP contribution is 2.30. The van der Waals surface area contributed by atoms with E-state index in [1.807, 2.05) is 44.2 Å². The Morgan fingerprint density at radius 3 is 1.77 bits per heavy atom. The molecule has 2 aliphatic heterocycles. The number of aliphatic imine (C=N–C) groups is 2. The van der Waals surface area contributed by atoms with Crippen LogP contribution in [0, 0.1) is 11.6 Å². The third-order valence-corrected chi connectivity index (χ3v) is 11.1. The highest BCUT2D eigenvalue weighted by Gasteiger charge is 2.24. The van der Waals surface area contributed by atoms with Crippen molar-refractivity contribution in [1.29, 1.82) is 0 Å². The lowest BCUT2D eigenvalue weighted by atomic mass is 10.1. The van der Waals surface area contributed by atoms with Crippen LogP contribution in [0.5, 0.6) is 11.5 Å². The van der Waals surface area contributed by atoms with Gasteiger partial charge in [-0.15, -0.1) is 0 Å². The third kappa shape index (κ3) is 12.4. The zero-order valence-electron chi connectivity index (χ0n) is 32.6. The maximum Gasteiger partial charge on any atom is 0.264 e. The van der Waals surface area contributed by atoms with Crippen LogP contribution in [0.2, 0.25) is 10.0 Å². The van der Waals surface area contributed by atoms with Gasteiger partial charge in [-0.05, 0) is 115 Å². The number of hydrogen-bond donors (Lipinski definition) is 2. The molecule has 6 aromatic rings. The first-order chi connectivity index (χ1) is 29.5. The normalized spacial score (nSPS) is 15.3. The number of nitrogens with one attached hydrogen (secondary N) is 2. The van der Waals surface area contributed by atoms with Gasteiger partial charge in [-0.1, -0.05) is 53.2 Å². The number of pyridine rings is 2. The quantitative estimate of drug-likeness (QED) is 0.101. The Morgan fingerprint density at radius 1 is 0.721 bits per heavy atom. The van der Waals surface area contributed by atoms with Crippen LogP contribution in [0.4, 0.5) is 8.78 Å². The smallest absolute Gasteiger partial charge is 0.264 e. The molecule has 17 heteroatoms. The number of amides is 2. The second-order valence-electron chi connectivity index (χ2n) is 12.8. The SMILES string of the molecule is CCOc1ccnc2ccc(/C=C3\SC(=NCc4ccc(F)cc4Cl)NC3=O)cc12.CCOc1ccnc2ccc(C=O)cc12.O=C1CSC(=NCc2ccc(F)cc2Cl)N1. The predicted octanol–water partition coefficient (Wildman–Crippen LogP) is 9.83. The number of thioether (sulfide) groups is 2. The van der Waals surface area contributed by atoms with Gasteiger partial charge < -0.3 is 20.1 Å². The topological polar surface area (TPSA) is 144 Å². The Labute approximate surface area is 368 Å². The Hall–Kier alpha value is -5.87. The van der Waals surface area contributed by atoms with Gasteiger partial charge in [-0.2, -0.15) is 0 Å². The molecule has 61 heavy (non-hydrogen) atoms. The van der Waals surface area contributed by atoms with Crippen molar-refractivity contribution >= 4 is 103 Å². The van der Waals surface area contributed by atoms with Crippen LogP contribution >= 0.6 is 46.7 Å². The fourth-order valence-electron chi connectivity index (χ4n) is 5.68. The zero-order valence-corrected chi connectivity index (χ0v) is 35.7. The molecule has 2 aromatic heterocycles. The highest BCUT2D eigenvalue weighted by atomic mass is 35.5. The molecule has 0 atom stereocenters. The predicted molar refractivity (Wildman–Crippen MR) is 241 cm³/mol. The maximum atomic E-state index is 13.2. The third-order valence-electron chi connectivity index (χ3n) is 8.54. The van der Waals surface area contributed by atoms with Crippen molar-refractivity contribution in [3.05, 3.63) is 146 Å². The number of rotatable bonds is 10. The molecule has 4 aromatic carbocycles. The molecule has 0 bridgehead atoms. The number of carbonyl (C=O) groups excluding carboxylic acids is 3. The first kappa shape index (κ1) is 44.7. The van der Waals surface area contributed by atoms with Crippen molar-refractivity contribution in [2.45, 2.75) is 26.9 Å². The molecular formula is C44H36Cl2F2N6O5S2. The molecule has 2 fully saturated rings. The van der Waals surface area contributed by atoms with Gasteiger partial charge in [0.15, 0.2) is 10.3 Å². The number of hydrogen-bond acceptors (Lipinski definition) is 11. The number of aromatic nitrogens is 2. The van der Waals surface area contributed by atoms with Gasteiger partial charge in [0.1, 0.15) is 29.4 Å². The van der Waals surface area contributed by atoms with Crippen molar-refractivity contribution in [1.82, 2.24) is 20.6 Å². The molecule has 0 unspecified atom stereocenters. The number of benzene rings is 4.